The van der Waals surface area contributed by atoms with E-state index >= 15 is 0 Å². The Balaban J connectivity index is 1.84. The Labute approximate surface area is 147 Å². The zero-order valence-electron chi connectivity index (χ0n) is 15.4. The van der Waals surface area contributed by atoms with Crippen LogP contribution in [0.5, 0.6) is 0 Å². The zero-order chi connectivity index (χ0) is 17.6. The van der Waals surface area contributed by atoms with Crippen molar-refractivity contribution in [3.05, 3.63) is 0 Å². The first-order valence-electron chi connectivity index (χ1n) is 10.0. The molecule has 1 aliphatic rings. The van der Waals surface area contributed by atoms with Gasteiger partial charge < -0.3 is 0 Å². The van der Waals surface area contributed by atoms with Gasteiger partial charge in [0.25, 0.3) is 0 Å². The molecule has 1 rings (SSSR count). The summed E-state index contributed by atoms with van der Waals surface area (Å²) in [4.78, 5) is 34.4. The summed E-state index contributed by atoms with van der Waals surface area (Å²) in [5.74, 6) is -1.50. The molecule has 2 amide bonds. The second-order valence-electron chi connectivity index (χ2n) is 7.13. The van der Waals surface area contributed by atoms with Gasteiger partial charge in [0.15, 0.2) is 0 Å². The van der Waals surface area contributed by atoms with Gasteiger partial charge in [-0.15, -0.1) is 0 Å². The molecule has 0 aromatic rings. The highest BCUT2D eigenvalue weighted by molar-refractivity contribution is 6.14. The van der Waals surface area contributed by atoms with E-state index in [9.17, 15) is 14.4 Å². The molecule has 4 heteroatoms. The van der Waals surface area contributed by atoms with E-state index in [-0.39, 0.29) is 18.1 Å². The molecule has 0 spiro atoms. The third-order valence-electron chi connectivity index (χ3n) is 4.88. The van der Waals surface area contributed by atoms with Gasteiger partial charge >= 0.3 is 0 Å². The molecule has 1 fully saturated rings. The Morgan fingerprint density at radius 2 is 1.29 bits per heavy atom. The lowest BCUT2D eigenvalue weighted by molar-refractivity contribution is -0.131. The van der Waals surface area contributed by atoms with E-state index in [2.05, 4.69) is 12.2 Å². The fourth-order valence-corrected chi connectivity index (χ4v) is 3.30. The maximum absolute atomic E-state index is 11.9. The Morgan fingerprint density at radius 3 is 1.71 bits per heavy atom. The lowest BCUT2D eigenvalue weighted by Crippen LogP contribution is -2.26. The van der Waals surface area contributed by atoms with E-state index in [0.29, 0.717) is 6.42 Å². The van der Waals surface area contributed by atoms with E-state index in [4.69, 9.17) is 0 Å². The molecular weight excluding hydrogens is 302 g/mol. The van der Waals surface area contributed by atoms with Crippen LogP contribution >= 0.6 is 0 Å². The van der Waals surface area contributed by atoms with Crippen LogP contribution in [0.4, 0.5) is 0 Å². The number of carbonyl (C=O) groups excluding carboxylic acids is 3. The summed E-state index contributed by atoms with van der Waals surface area (Å²) < 4.78 is 0. The molecule has 1 aliphatic heterocycles. The third kappa shape index (κ3) is 9.19. The molecule has 1 unspecified atom stereocenters. The molecule has 0 bridgehead atoms. The number of amides is 2. The minimum absolute atomic E-state index is 0.0517. The molecule has 0 aromatic carbocycles. The van der Waals surface area contributed by atoms with Crippen molar-refractivity contribution in [1.82, 2.24) is 5.32 Å². The molecule has 1 N–H and O–H groups in total. The Hall–Kier alpha value is -1.19. The van der Waals surface area contributed by atoms with Crippen LogP contribution in [0.3, 0.4) is 0 Å². The Kier molecular flexibility index (Phi) is 11.4. The standard InChI is InChI=1S/C20H35NO3/c1-2-3-4-5-6-7-8-9-10-11-12-13-14-15-18(22)17-16-19(23)21-20(17)24/h17H,2-16H2,1H3,(H,21,23,24). The van der Waals surface area contributed by atoms with Crippen molar-refractivity contribution in [2.75, 3.05) is 0 Å². The van der Waals surface area contributed by atoms with Gasteiger partial charge in [0, 0.05) is 12.8 Å². The monoisotopic (exact) mass is 337 g/mol. The van der Waals surface area contributed by atoms with Crippen molar-refractivity contribution in [3.8, 4) is 0 Å². The minimum atomic E-state index is -0.713. The highest BCUT2D eigenvalue weighted by Crippen LogP contribution is 2.17. The lowest BCUT2D eigenvalue weighted by Gasteiger charge is -2.05. The number of rotatable bonds is 15. The second kappa shape index (κ2) is 13.1. The van der Waals surface area contributed by atoms with Gasteiger partial charge in [-0.05, 0) is 6.42 Å². The zero-order valence-corrected chi connectivity index (χ0v) is 15.4. The number of ketones is 1. The highest BCUT2D eigenvalue weighted by Gasteiger charge is 2.35. The van der Waals surface area contributed by atoms with Gasteiger partial charge in [-0.25, -0.2) is 0 Å². The first-order valence-corrected chi connectivity index (χ1v) is 10.0. The van der Waals surface area contributed by atoms with Crippen LogP contribution in [0.2, 0.25) is 0 Å². The summed E-state index contributed by atoms with van der Waals surface area (Å²) in [5.41, 5.74) is 0. The number of unbranched alkanes of at least 4 members (excludes halogenated alkanes) is 12. The van der Waals surface area contributed by atoms with Crippen LogP contribution in [0.25, 0.3) is 0 Å². The first kappa shape index (κ1) is 20.9. The number of imide groups is 1. The highest BCUT2D eigenvalue weighted by atomic mass is 16.2. The number of hydrogen-bond donors (Lipinski definition) is 1. The van der Waals surface area contributed by atoms with E-state index in [1.807, 2.05) is 0 Å². The number of carbonyl (C=O) groups is 3. The van der Waals surface area contributed by atoms with E-state index in [0.717, 1.165) is 12.8 Å². The molecule has 24 heavy (non-hydrogen) atoms. The number of nitrogens with one attached hydrogen (secondary N) is 1. The van der Waals surface area contributed by atoms with Gasteiger partial charge in [0.05, 0.1) is 0 Å². The van der Waals surface area contributed by atoms with Crippen molar-refractivity contribution in [2.24, 2.45) is 5.92 Å². The van der Waals surface area contributed by atoms with Crippen LogP contribution in [0.15, 0.2) is 0 Å². The van der Waals surface area contributed by atoms with Crippen LogP contribution in [-0.4, -0.2) is 17.6 Å². The Bertz CT molecular complexity index is 392. The largest absolute Gasteiger partial charge is 0.299 e. The van der Waals surface area contributed by atoms with Gasteiger partial charge in [-0.1, -0.05) is 84.0 Å². The molecule has 138 valence electrons. The smallest absolute Gasteiger partial charge is 0.237 e. The number of Topliss-reactive ketones (excluding diaryl/α,β-unsaturated/α-hetero) is 1. The lowest BCUT2D eigenvalue weighted by atomic mass is 9.97. The summed E-state index contributed by atoms with van der Waals surface area (Å²) in [6, 6.07) is 0. The number of hydrogen-bond acceptors (Lipinski definition) is 3. The summed E-state index contributed by atoms with van der Waals surface area (Å²) in [6.45, 7) is 2.25. The fourth-order valence-electron chi connectivity index (χ4n) is 3.30. The molecule has 1 heterocycles. The van der Waals surface area contributed by atoms with E-state index in [1.54, 1.807) is 0 Å². The van der Waals surface area contributed by atoms with Crippen molar-refractivity contribution >= 4 is 17.6 Å². The molecular formula is C20H35NO3. The topological polar surface area (TPSA) is 63.2 Å². The van der Waals surface area contributed by atoms with Crippen molar-refractivity contribution in [2.45, 2.75) is 103 Å². The van der Waals surface area contributed by atoms with Crippen molar-refractivity contribution < 1.29 is 14.4 Å². The normalized spacial score (nSPS) is 17.3. The SMILES string of the molecule is CCCCCCCCCCCCCCCC(=O)C1CC(=O)NC1=O. The van der Waals surface area contributed by atoms with E-state index in [1.165, 1.54) is 70.6 Å². The van der Waals surface area contributed by atoms with Crippen molar-refractivity contribution in [3.63, 3.8) is 0 Å². The fraction of sp³-hybridized carbons (Fsp3) is 0.850. The van der Waals surface area contributed by atoms with Crippen LogP contribution in [0, 0.1) is 5.92 Å². The predicted molar refractivity (Wildman–Crippen MR) is 96.6 cm³/mol. The average molecular weight is 338 g/mol. The second-order valence-corrected chi connectivity index (χ2v) is 7.13. The molecule has 0 aromatic heterocycles. The maximum atomic E-state index is 11.9. The van der Waals surface area contributed by atoms with Gasteiger partial charge in [-0.3, -0.25) is 19.7 Å². The summed E-state index contributed by atoms with van der Waals surface area (Å²) in [6.07, 6.45) is 17.0. The molecule has 0 aliphatic carbocycles. The van der Waals surface area contributed by atoms with Gasteiger partial charge in [-0.2, -0.15) is 0 Å². The van der Waals surface area contributed by atoms with Gasteiger partial charge in [0.1, 0.15) is 11.7 Å². The van der Waals surface area contributed by atoms with E-state index < -0.39 is 11.8 Å². The molecule has 0 saturated carbocycles. The van der Waals surface area contributed by atoms with Crippen LogP contribution < -0.4 is 5.32 Å². The summed E-state index contributed by atoms with van der Waals surface area (Å²) in [7, 11) is 0. The molecule has 4 nitrogen and oxygen atoms in total. The summed E-state index contributed by atoms with van der Waals surface area (Å²) in [5, 5.41) is 2.20. The molecule has 0 radical (unpaired) electrons. The van der Waals surface area contributed by atoms with Gasteiger partial charge in [0.2, 0.25) is 11.8 Å². The minimum Gasteiger partial charge on any atom is -0.299 e. The van der Waals surface area contributed by atoms with Crippen molar-refractivity contribution in [1.29, 1.82) is 0 Å². The third-order valence-corrected chi connectivity index (χ3v) is 4.88. The average Bonchev–Trinajstić information content (AvgIpc) is 2.90. The molecule has 1 atom stereocenters. The van der Waals surface area contributed by atoms with Crippen LogP contribution in [0.1, 0.15) is 103 Å². The first-order chi connectivity index (χ1) is 11.6. The quantitative estimate of drug-likeness (QED) is 0.268. The summed E-state index contributed by atoms with van der Waals surface area (Å²) >= 11 is 0. The maximum Gasteiger partial charge on any atom is 0.237 e. The Morgan fingerprint density at radius 1 is 0.833 bits per heavy atom. The van der Waals surface area contributed by atoms with Crippen LogP contribution in [-0.2, 0) is 14.4 Å². The molecule has 1 saturated heterocycles. The predicted octanol–water partition coefficient (Wildman–Crippen LogP) is 4.70.